The third-order valence-electron chi connectivity index (χ3n) is 6.92. The molecule has 34 heavy (non-hydrogen) atoms. The summed E-state index contributed by atoms with van der Waals surface area (Å²) in [7, 11) is 0. The van der Waals surface area contributed by atoms with E-state index in [9.17, 15) is 19.5 Å². The van der Waals surface area contributed by atoms with Crippen LogP contribution in [0.4, 0.5) is 13.6 Å². The normalized spacial score (nSPS) is 18.9. The first-order chi connectivity index (χ1) is 16.2. The minimum absolute atomic E-state index is 0.0445. The van der Waals surface area contributed by atoms with E-state index in [0.717, 1.165) is 22.3 Å². The lowest BCUT2D eigenvalue weighted by Crippen LogP contribution is -2.59. The van der Waals surface area contributed by atoms with Crippen LogP contribution >= 0.6 is 0 Å². The molecule has 3 aliphatic carbocycles. The van der Waals surface area contributed by atoms with E-state index >= 15 is 8.78 Å². The predicted octanol–water partition coefficient (Wildman–Crippen LogP) is 3.67. The fraction of sp³-hybridized carbons (Fsp3) is 0.400. The molecule has 2 aromatic carbocycles. The number of nitrogens with one attached hydrogen (secondary N) is 2. The number of hydrogen-bond acceptors (Lipinski definition) is 4. The highest BCUT2D eigenvalue weighted by Crippen LogP contribution is 2.45. The molecule has 3 N–H and O–H groups in total. The maximum absolute atomic E-state index is 15.0. The molecule has 0 aromatic heterocycles. The highest BCUT2D eigenvalue weighted by atomic mass is 19.3. The molecule has 0 radical (unpaired) electrons. The van der Waals surface area contributed by atoms with Crippen molar-refractivity contribution in [2.45, 2.75) is 49.1 Å². The summed E-state index contributed by atoms with van der Waals surface area (Å²) in [6.45, 7) is -0.0445. The molecule has 2 fully saturated rings. The Balaban J connectivity index is 1.26. The number of carboxylic acids is 1. The number of rotatable bonds is 8. The molecule has 178 valence electrons. The first-order valence-electron chi connectivity index (χ1n) is 11.3. The summed E-state index contributed by atoms with van der Waals surface area (Å²) in [5.74, 6) is -7.82. The van der Waals surface area contributed by atoms with E-state index in [0.29, 0.717) is 12.8 Å². The number of ether oxygens (including phenoxy) is 1. The van der Waals surface area contributed by atoms with Crippen LogP contribution in [0.15, 0.2) is 48.5 Å². The lowest BCUT2D eigenvalue weighted by molar-refractivity contribution is -0.156. The van der Waals surface area contributed by atoms with E-state index in [4.69, 9.17) is 4.74 Å². The molecule has 2 saturated carbocycles. The third-order valence-corrected chi connectivity index (χ3v) is 6.92. The molecule has 5 rings (SSSR count). The first-order valence-corrected chi connectivity index (χ1v) is 11.3. The molecule has 0 bridgehead atoms. The fourth-order valence-electron chi connectivity index (χ4n) is 4.66. The number of hydrogen-bond donors (Lipinski definition) is 3. The van der Waals surface area contributed by atoms with Gasteiger partial charge in [0.2, 0.25) is 0 Å². The molecular weight excluding hydrogens is 446 g/mol. The second-order valence-corrected chi connectivity index (χ2v) is 9.25. The molecule has 7 nitrogen and oxygen atoms in total. The van der Waals surface area contributed by atoms with E-state index < -0.39 is 41.4 Å². The van der Waals surface area contributed by atoms with Gasteiger partial charge in [0.1, 0.15) is 18.2 Å². The third kappa shape index (κ3) is 3.89. The van der Waals surface area contributed by atoms with Gasteiger partial charge in [0, 0.05) is 5.92 Å². The molecule has 3 aliphatic rings. The van der Waals surface area contributed by atoms with Crippen LogP contribution in [0, 0.1) is 5.92 Å². The van der Waals surface area contributed by atoms with Gasteiger partial charge in [-0.05, 0) is 53.9 Å². The van der Waals surface area contributed by atoms with Crippen molar-refractivity contribution in [2.75, 3.05) is 6.61 Å². The molecule has 1 atom stereocenters. The molecule has 0 saturated heterocycles. The zero-order valence-electron chi connectivity index (χ0n) is 18.2. The smallest absolute Gasteiger partial charge is 0.407 e. The van der Waals surface area contributed by atoms with E-state index in [2.05, 4.69) is 5.32 Å². The maximum Gasteiger partial charge on any atom is 0.407 e. The van der Waals surface area contributed by atoms with Crippen molar-refractivity contribution in [3.05, 3.63) is 59.7 Å². The second-order valence-electron chi connectivity index (χ2n) is 9.25. The monoisotopic (exact) mass is 470 g/mol. The van der Waals surface area contributed by atoms with Crippen LogP contribution < -0.4 is 10.6 Å². The van der Waals surface area contributed by atoms with Gasteiger partial charge in [0.25, 0.3) is 5.91 Å². The predicted molar refractivity (Wildman–Crippen MR) is 117 cm³/mol. The van der Waals surface area contributed by atoms with Gasteiger partial charge in [-0.25, -0.2) is 9.59 Å². The Morgan fingerprint density at radius 3 is 2.09 bits per heavy atom. The number of carbonyl (C=O) groups is 3. The van der Waals surface area contributed by atoms with E-state index in [1.165, 1.54) is 0 Å². The Hall–Kier alpha value is -3.49. The number of amides is 2. The van der Waals surface area contributed by atoms with Crippen molar-refractivity contribution in [1.82, 2.24) is 10.6 Å². The molecule has 0 aliphatic heterocycles. The number of alkyl halides is 2. The zero-order valence-corrected chi connectivity index (χ0v) is 18.2. The number of benzene rings is 2. The van der Waals surface area contributed by atoms with Crippen LogP contribution in [-0.4, -0.2) is 47.2 Å². The van der Waals surface area contributed by atoms with Crippen molar-refractivity contribution in [2.24, 2.45) is 5.92 Å². The zero-order chi connectivity index (χ0) is 24.1. The van der Waals surface area contributed by atoms with Crippen molar-refractivity contribution >= 4 is 18.0 Å². The van der Waals surface area contributed by atoms with Gasteiger partial charge in [0.05, 0.1) is 0 Å². The lowest BCUT2D eigenvalue weighted by atomic mass is 9.98. The summed E-state index contributed by atoms with van der Waals surface area (Å²) in [5.41, 5.74) is 2.42. The van der Waals surface area contributed by atoms with Crippen molar-refractivity contribution < 1.29 is 33.0 Å². The molecule has 0 spiro atoms. The summed E-state index contributed by atoms with van der Waals surface area (Å²) >= 11 is 0. The van der Waals surface area contributed by atoms with Crippen molar-refractivity contribution in [3.63, 3.8) is 0 Å². The van der Waals surface area contributed by atoms with Gasteiger partial charge in [-0.3, -0.25) is 4.79 Å². The van der Waals surface area contributed by atoms with Crippen LogP contribution in [0.5, 0.6) is 0 Å². The molecular formula is C25H24F2N2O5. The Kier molecular flexibility index (Phi) is 5.30. The van der Waals surface area contributed by atoms with Crippen LogP contribution in [0.1, 0.15) is 42.7 Å². The van der Waals surface area contributed by atoms with E-state index in [1.54, 1.807) is 0 Å². The standard InChI is InChI=1S/C25H24F2N2O5/c26-25(27,21(30)29-24(11-12-24)22(31)32)20(14-9-10-14)28-23(33)34-13-19-17-7-3-1-5-15(17)16-6-2-4-8-18(16)19/h1-8,14,19-20H,9-13H2,(H,28,33)(H,29,30)(H,31,32). The summed E-state index contributed by atoms with van der Waals surface area (Å²) in [5, 5.41) is 13.3. The van der Waals surface area contributed by atoms with Gasteiger partial charge in [-0.1, -0.05) is 48.5 Å². The molecule has 2 amide bonds. The molecule has 2 aromatic rings. The Labute approximate surface area is 194 Å². The van der Waals surface area contributed by atoms with Crippen LogP contribution in [0.2, 0.25) is 0 Å². The highest BCUT2D eigenvalue weighted by Gasteiger charge is 2.59. The highest BCUT2D eigenvalue weighted by molar-refractivity contribution is 5.93. The number of alkyl carbamates (subject to hydrolysis) is 1. The van der Waals surface area contributed by atoms with Crippen LogP contribution in [0.25, 0.3) is 11.1 Å². The first kappa shape index (κ1) is 22.3. The second kappa shape index (κ2) is 8.07. The van der Waals surface area contributed by atoms with Gasteiger partial charge in [-0.2, -0.15) is 8.78 Å². The fourth-order valence-corrected chi connectivity index (χ4v) is 4.66. The average Bonchev–Trinajstić information content (AvgIpc) is 3.74. The summed E-state index contributed by atoms with van der Waals surface area (Å²) < 4.78 is 35.4. The van der Waals surface area contributed by atoms with Gasteiger partial charge < -0.3 is 20.5 Å². The number of aliphatic carboxylic acids is 1. The molecule has 9 heteroatoms. The summed E-state index contributed by atoms with van der Waals surface area (Å²) in [6, 6.07) is 13.7. The number of carboxylic acid groups (broad SMARTS) is 1. The lowest BCUT2D eigenvalue weighted by Gasteiger charge is -2.28. The Morgan fingerprint density at radius 1 is 1.03 bits per heavy atom. The quantitative estimate of drug-likeness (QED) is 0.546. The average molecular weight is 470 g/mol. The van der Waals surface area contributed by atoms with Gasteiger partial charge in [0.15, 0.2) is 0 Å². The van der Waals surface area contributed by atoms with Gasteiger partial charge >= 0.3 is 18.0 Å². The SMILES string of the molecule is O=C(NC(C1CC1)C(F)(F)C(=O)NC1(C(=O)O)CC1)OCC1c2ccccc2-c2ccccc21. The van der Waals surface area contributed by atoms with E-state index in [-0.39, 0.29) is 25.4 Å². The maximum atomic E-state index is 15.0. The minimum atomic E-state index is -3.97. The van der Waals surface area contributed by atoms with Crippen molar-refractivity contribution in [1.29, 1.82) is 0 Å². The minimum Gasteiger partial charge on any atom is -0.480 e. The Morgan fingerprint density at radius 2 is 1.59 bits per heavy atom. The van der Waals surface area contributed by atoms with Crippen LogP contribution in [-0.2, 0) is 14.3 Å². The Bertz CT molecular complexity index is 1110. The summed E-state index contributed by atoms with van der Waals surface area (Å²) in [6.07, 6.45) is 0.0177. The number of fused-ring (bicyclic) bond motifs is 3. The molecule has 1 unspecified atom stereocenters. The van der Waals surface area contributed by atoms with Gasteiger partial charge in [-0.15, -0.1) is 0 Å². The van der Waals surface area contributed by atoms with E-state index in [1.807, 2.05) is 53.8 Å². The number of halogens is 2. The largest absolute Gasteiger partial charge is 0.480 e. The van der Waals surface area contributed by atoms with Crippen molar-refractivity contribution in [3.8, 4) is 11.1 Å². The molecule has 0 heterocycles. The topological polar surface area (TPSA) is 105 Å². The van der Waals surface area contributed by atoms with Crippen LogP contribution in [0.3, 0.4) is 0 Å². The number of carbonyl (C=O) groups excluding carboxylic acids is 2. The summed E-state index contributed by atoms with van der Waals surface area (Å²) in [4.78, 5) is 36.1.